The van der Waals surface area contributed by atoms with Crippen LogP contribution in [0.1, 0.15) is 64.9 Å². The highest BCUT2D eigenvalue weighted by atomic mass is 16.2. The smallest absolute Gasteiger partial charge is 0.219 e. The first-order valence-corrected chi connectivity index (χ1v) is 10.8. The molecule has 6 atom stereocenters. The maximum Gasteiger partial charge on any atom is 0.219 e. The third kappa shape index (κ3) is 2.33. The first-order valence-electron chi connectivity index (χ1n) is 10.8. The van der Waals surface area contributed by atoms with Crippen LogP contribution in [0.2, 0.25) is 0 Å². The van der Waals surface area contributed by atoms with Crippen molar-refractivity contribution in [2.24, 2.45) is 28.6 Å². The topological polar surface area (TPSA) is 33.2 Å². The summed E-state index contributed by atoms with van der Waals surface area (Å²) in [6.45, 7) is 7.76. The number of rotatable bonds is 1. The van der Waals surface area contributed by atoms with Gasteiger partial charge in [0, 0.05) is 31.9 Å². The third-order valence-corrected chi connectivity index (χ3v) is 9.04. The van der Waals surface area contributed by atoms with E-state index >= 15 is 0 Å². The number of likely N-dealkylation sites (tertiary alicyclic amines) is 1. The molecule has 0 radical (unpaired) electrons. The summed E-state index contributed by atoms with van der Waals surface area (Å²) in [4.78, 5) is 18.7. The van der Waals surface area contributed by atoms with Crippen LogP contribution >= 0.6 is 0 Å². The number of nitrogens with zero attached hydrogens (tertiary/aromatic N) is 2. The first-order chi connectivity index (χ1) is 12.9. The monoisotopic (exact) mass is 364 g/mol. The van der Waals surface area contributed by atoms with E-state index in [9.17, 15) is 4.79 Å². The molecule has 27 heavy (non-hydrogen) atoms. The van der Waals surface area contributed by atoms with Crippen LogP contribution in [-0.2, 0) is 4.79 Å². The summed E-state index contributed by atoms with van der Waals surface area (Å²) < 4.78 is 0. The minimum Gasteiger partial charge on any atom is -0.339 e. The van der Waals surface area contributed by atoms with E-state index in [1.165, 1.54) is 44.1 Å². The van der Waals surface area contributed by atoms with Gasteiger partial charge in [0.15, 0.2) is 0 Å². The zero-order valence-electron chi connectivity index (χ0n) is 16.9. The summed E-state index contributed by atoms with van der Waals surface area (Å²) in [6.07, 6.45) is 14.0. The van der Waals surface area contributed by atoms with E-state index in [2.05, 4.69) is 41.9 Å². The van der Waals surface area contributed by atoms with Gasteiger partial charge >= 0.3 is 0 Å². The number of fused-ring (bicyclic) bond motifs is 5. The second-order valence-electron chi connectivity index (χ2n) is 9.99. The Balaban J connectivity index is 1.44. The molecule has 144 valence electrons. The molecule has 3 aliphatic carbocycles. The van der Waals surface area contributed by atoms with E-state index in [1.807, 2.05) is 12.4 Å². The highest BCUT2D eigenvalue weighted by Gasteiger charge is 2.60. The summed E-state index contributed by atoms with van der Waals surface area (Å²) in [5.74, 6) is 2.63. The molecule has 1 aromatic rings. The Kier molecular flexibility index (Phi) is 3.83. The van der Waals surface area contributed by atoms with Crippen molar-refractivity contribution < 1.29 is 4.79 Å². The van der Waals surface area contributed by atoms with Crippen molar-refractivity contribution in [1.82, 2.24) is 9.88 Å². The molecular weight excluding hydrogens is 332 g/mol. The minimum atomic E-state index is 0.282. The molecule has 0 aromatic carbocycles. The van der Waals surface area contributed by atoms with Crippen LogP contribution in [0.3, 0.4) is 0 Å². The van der Waals surface area contributed by atoms with E-state index in [0.717, 1.165) is 24.3 Å². The van der Waals surface area contributed by atoms with Gasteiger partial charge in [-0.25, -0.2) is 0 Å². The number of amides is 1. The van der Waals surface area contributed by atoms with Gasteiger partial charge in [-0.05, 0) is 84.3 Å². The number of pyridine rings is 1. The SMILES string of the molecule is CC(=O)N1CC[C@@]2(C)C1CC[C@@H]1[C@@H]2CC[C@]2(C)C(c3cccnc3)=CC[C@@H]12. The Morgan fingerprint density at radius 3 is 2.78 bits per heavy atom. The molecule has 2 heterocycles. The molecule has 3 fully saturated rings. The molecule has 4 aliphatic rings. The predicted octanol–water partition coefficient (Wildman–Crippen LogP) is 4.94. The zero-order valence-corrected chi connectivity index (χ0v) is 16.9. The molecule has 0 spiro atoms. The molecular formula is C24H32N2O. The lowest BCUT2D eigenvalue weighted by molar-refractivity contribution is -0.134. The molecule has 1 unspecified atom stereocenters. The lowest BCUT2D eigenvalue weighted by atomic mass is 9.48. The fourth-order valence-electron chi connectivity index (χ4n) is 7.73. The van der Waals surface area contributed by atoms with E-state index in [0.29, 0.717) is 16.9 Å². The average Bonchev–Trinajstić information content (AvgIpc) is 3.19. The first kappa shape index (κ1) is 17.5. The number of aromatic nitrogens is 1. The van der Waals surface area contributed by atoms with Crippen LogP contribution < -0.4 is 0 Å². The number of allylic oxidation sites excluding steroid dienone is 2. The quantitative estimate of drug-likeness (QED) is 0.707. The van der Waals surface area contributed by atoms with Crippen molar-refractivity contribution in [3.8, 4) is 0 Å². The van der Waals surface area contributed by atoms with Gasteiger partial charge in [0.25, 0.3) is 0 Å². The molecule has 1 amide bonds. The molecule has 1 saturated heterocycles. The molecule has 5 rings (SSSR count). The van der Waals surface area contributed by atoms with Gasteiger partial charge in [-0.1, -0.05) is 26.0 Å². The Hall–Kier alpha value is -1.64. The minimum absolute atomic E-state index is 0.282. The van der Waals surface area contributed by atoms with Gasteiger partial charge in [-0.3, -0.25) is 9.78 Å². The number of hydrogen-bond acceptors (Lipinski definition) is 2. The van der Waals surface area contributed by atoms with Crippen LogP contribution in [-0.4, -0.2) is 28.4 Å². The second kappa shape index (κ2) is 5.93. The van der Waals surface area contributed by atoms with Gasteiger partial charge in [-0.2, -0.15) is 0 Å². The van der Waals surface area contributed by atoms with E-state index < -0.39 is 0 Å². The zero-order chi connectivity index (χ0) is 18.8. The third-order valence-electron chi connectivity index (χ3n) is 9.04. The van der Waals surface area contributed by atoms with Gasteiger partial charge in [0.05, 0.1) is 0 Å². The Bertz CT molecular complexity index is 787. The van der Waals surface area contributed by atoms with Crippen LogP contribution in [0, 0.1) is 28.6 Å². The van der Waals surface area contributed by atoms with Crippen molar-refractivity contribution >= 4 is 11.5 Å². The maximum absolute atomic E-state index is 12.1. The highest BCUT2D eigenvalue weighted by molar-refractivity contribution is 5.74. The Morgan fingerprint density at radius 1 is 1.19 bits per heavy atom. The van der Waals surface area contributed by atoms with Crippen LogP contribution in [0.25, 0.3) is 5.57 Å². The fourth-order valence-corrected chi connectivity index (χ4v) is 7.73. The summed E-state index contributed by atoms with van der Waals surface area (Å²) in [5, 5.41) is 0. The van der Waals surface area contributed by atoms with E-state index in [-0.39, 0.29) is 5.91 Å². The van der Waals surface area contributed by atoms with Crippen molar-refractivity contribution in [3.63, 3.8) is 0 Å². The molecule has 0 N–H and O–H groups in total. The molecule has 3 heteroatoms. The van der Waals surface area contributed by atoms with Gasteiger partial charge in [-0.15, -0.1) is 0 Å². The Labute approximate surface area is 163 Å². The van der Waals surface area contributed by atoms with Gasteiger partial charge in [0.2, 0.25) is 5.91 Å². The lowest BCUT2D eigenvalue weighted by Gasteiger charge is -2.57. The standard InChI is InChI=1S/C24H32N2O/c1-16(27)26-14-12-24(3)21-10-11-23(2)19(17-5-4-13-25-15-17)7-8-20(23)18(21)6-9-22(24)26/h4-5,7,13,15,18,20-22H,6,8-12,14H2,1-3H3/t18-,20-,21-,22?,23+,24+/m0/s1. The molecule has 3 nitrogen and oxygen atoms in total. The van der Waals surface area contributed by atoms with E-state index in [1.54, 1.807) is 12.5 Å². The average molecular weight is 365 g/mol. The molecule has 2 saturated carbocycles. The van der Waals surface area contributed by atoms with Crippen LogP contribution in [0.15, 0.2) is 30.6 Å². The van der Waals surface area contributed by atoms with Gasteiger partial charge < -0.3 is 4.90 Å². The molecule has 0 bridgehead atoms. The van der Waals surface area contributed by atoms with Crippen molar-refractivity contribution in [3.05, 3.63) is 36.2 Å². The summed E-state index contributed by atoms with van der Waals surface area (Å²) in [6, 6.07) is 4.78. The van der Waals surface area contributed by atoms with Crippen LogP contribution in [0.5, 0.6) is 0 Å². The van der Waals surface area contributed by atoms with Gasteiger partial charge in [0.1, 0.15) is 0 Å². The number of hydrogen-bond donors (Lipinski definition) is 0. The summed E-state index contributed by atoms with van der Waals surface area (Å²) in [5.41, 5.74) is 3.49. The van der Waals surface area contributed by atoms with Crippen molar-refractivity contribution in [2.75, 3.05) is 6.54 Å². The number of carbonyl (C=O) groups is 1. The highest BCUT2D eigenvalue weighted by Crippen LogP contribution is 2.66. The summed E-state index contributed by atoms with van der Waals surface area (Å²) >= 11 is 0. The Morgan fingerprint density at radius 2 is 2.04 bits per heavy atom. The molecule has 1 aromatic heterocycles. The van der Waals surface area contributed by atoms with Crippen molar-refractivity contribution in [2.45, 2.75) is 65.3 Å². The largest absolute Gasteiger partial charge is 0.339 e. The van der Waals surface area contributed by atoms with E-state index in [4.69, 9.17) is 0 Å². The maximum atomic E-state index is 12.1. The predicted molar refractivity (Wildman–Crippen MR) is 108 cm³/mol. The summed E-state index contributed by atoms with van der Waals surface area (Å²) in [7, 11) is 0. The lowest BCUT2D eigenvalue weighted by Crippen LogP contribution is -2.54. The molecule has 1 aliphatic heterocycles. The second-order valence-corrected chi connectivity index (χ2v) is 9.99. The van der Waals surface area contributed by atoms with Crippen LogP contribution in [0.4, 0.5) is 0 Å². The van der Waals surface area contributed by atoms with Crippen molar-refractivity contribution in [1.29, 1.82) is 0 Å². The number of carbonyl (C=O) groups excluding carboxylic acids is 1. The fraction of sp³-hybridized carbons (Fsp3) is 0.667. The normalized spacial score (nSPS) is 42.9.